The first-order valence-electron chi connectivity index (χ1n) is 6.69. The zero-order chi connectivity index (χ0) is 14.1. The van der Waals surface area contributed by atoms with Crippen LogP contribution in [0.5, 0.6) is 5.75 Å². The normalized spacial score (nSPS) is 15.2. The summed E-state index contributed by atoms with van der Waals surface area (Å²) in [5.41, 5.74) is 1.49. The minimum absolute atomic E-state index is 0.120. The summed E-state index contributed by atoms with van der Waals surface area (Å²) in [6.45, 7) is 0. The van der Waals surface area contributed by atoms with Crippen LogP contribution < -0.4 is 0 Å². The molecule has 2 aromatic rings. The lowest BCUT2D eigenvalue weighted by molar-refractivity contribution is -0.115. The van der Waals surface area contributed by atoms with E-state index in [0.717, 1.165) is 22.1 Å². The van der Waals surface area contributed by atoms with Crippen molar-refractivity contribution in [3.63, 3.8) is 0 Å². The zero-order valence-corrected chi connectivity index (χ0v) is 11.3. The third-order valence-electron chi connectivity index (χ3n) is 3.87. The molecule has 20 heavy (non-hydrogen) atoms. The van der Waals surface area contributed by atoms with Gasteiger partial charge in [-0.1, -0.05) is 30.3 Å². The standard InChI is InChI=1S/C17H16O3/c1-20-17-9-8-16(19)14(17)10-13-12-5-3-2-4-11(12)6-7-15(13)18/h2-7,18H,8-10H2,1H3. The molecule has 0 radical (unpaired) electrons. The molecular formula is C17H16O3. The fourth-order valence-electron chi connectivity index (χ4n) is 2.79. The highest BCUT2D eigenvalue weighted by Gasteiger charge is 2.25. The molecule has 3 rings (SSSR count). The predicted octanol–water partition coefficient (Wildman–Crippen LogP) is 3.35. The summed E-state index contributed by atoms with van der Waals surface area (Å²) >= 11 is 0. The number of ketones is 1. The van der Waals surface area contributed by atoms with Gasteiger partial charge in [-0.3, -0.25) is 4.79 Å². The van der Waals surface area contributed by atoms with Gasteiger partial charge in [-0.05, 0) is 16.8 Å². The van der Waals surface area contributed by atoms with Gasteiger partial charge in [0, 0.05) is 30.4 Å². The molecule has 0 aromatic heterocycles. The maximum Gasteiger partial charge on any atom is 0.163 e. The zero-order valence-electron chi connectivity index (χ0n) is 11.3. The Kier molecular flexibility index (Phi) is 3.18. The predicted molar refractivity (Wildman–Crippen MR) is 77.6 cm³/mol. The lowest BCUT2D eigenvalue weighted by Crippen LogP contribution is -2.02. The molecule has 0 unspecified atom stereocenters. The van der Waals surface area contributed by atoms with Crippen molar-refractivity contribution < 1.29 is 14.6 Å². The van der Waals surface area contributed by atoms with Gasteiger partial charge >= 0.3 is 0 Å². The van der Waals surface area contributed by atoms with Gasteiger partial charge in [0.15, 0.2) is 5.78 Å². The third-order valence-corrected chi connectivity index (χ3v) is 3.87. The Bertz CT molecular complexity index is 713. The molecule has 0 amide bonds. The molecule has 0 saturated heterocycles. The number of carbonyl (C=O) groups excluding carboxylic acids is 1. The van der Waals surface area contributed by atoms with E-state index in [1.807, 2.05) is 30.3 Å². The van der Waals surface area contributed by atoms with Crippen LogP contribution in [0.25, 0.3) is 10.8 Å². The first kappa shape index (κ1) is 12.7. The second-order valence-corrected chi connectivity index (χ2v) is 4.99. The Hall–Kier alpha value is -2.29. The second-order valence-electron chi connectivity index (χ2n) is 4.99. The van der Waals surface area contributed by atoms with Crippen LogP contribution in [0.1, 0.15) is 18.4 Å². The molecule has 0 spiro atoms. The molecule has 3 nitrogen and oxygen atoms in total. The number of hydrogen-bond donors (Lipinski definition) is 1. The van der Waals surface area contributed by atoms with Crippen molar-refractivity contribution in [2.24, 2.45) is 0 Å². The summed E-state index contributed by atoms with van der Waals surface area (Å²) < 4.78 is 5.30. The number of aromatic hydroxyl groups is 1. The van der Waals surface area contributed by atoms with Gasteiger partial charge in [0.05, 0.1) is 7.11 Å². The molecule has 102 valence electrons. The second kappa shape index (κ2) is 5.00. The highest BCUT2D eigenvalue weighted by atomic mass is 16.5. The molecule has 1 aliphatic rings. The molecule has 0 fully saturated rings. The molecule has 0 heterocycles. The summed E-state index contributed by atoms with van der Waals surface area (Å²) in [4.78, 5) is 12.0. The number of phenolic OH excluding ortho intramolecular Hbond substituents is 1. The van der Waals surface area contributed by atoms with E-state index in [4.69, 9.17) is 4.74 Å². The summed E-state index contributed by atoms with van der Waals surface area (Å²) in [6, 6.07) is 11.4. The van der Waals surface area contributed by atoms with E-state index < -0.39 is 0 Å². The number of carbonyl (C=O) groups is 1. The quantitative estimate of drug-likeness (QED) is 0.928. The number of allylic oxidation sites excluding steroid dienone is 2. The highest BCUT2D eigenvalue weighted by Crippen LogP contribution is 2.33. The van der Waals surface area contributed by atoms with Gasteiger partial charge in [-0.15, -0.1) is 0 Å². The van der Waals surface area contributed by atoms with Crippen molar-refractivity contribution in [1.29, 1.82) is 0 Å². The molecule has 0 aliphatic heterocycles. The van der Waals surface area contributed by atoms with E-state index in [0.29, 0.717) is 24.8 Å². The highest BCUT2D eigenvalue weighted by molar-refractivity contribution is 6.00. The van der Waals surface area contributed by atoms with Crippen LogP contribution in [0.15, 0.2) is 47.7 Å². The number of hydrogen-bond acceptors (Lipinski definition) is 3. The molecule has 1 N–H and O–H groups in total. The molecule has 1 aliphatic carbocycles. The number of fused-ring (bicyclic) bond motifs is 1. The summed E-state index contributed by atoms with van der Waals surface area (Å²) in [6.07, 6.45) is 1.59. The average Bonchev–Trinajstić information content (AvgIpc) is 2.82. The minimum Gasteiger partial charge on any atom is -0.508 e. The van der Waals surface area contributed by atoms with Gasteiger partial charge in [-0.25, -0.2) is 0 Å². The summed E-state index contributed by atoms with van der Waals surface area (Å²) in [5, 5.41) is 12.2. The lowest BCUT2D eigenvalue weighted by Gasteiger charge is -2.10. The van der Waals surface area contributed by atoms with Gasteiger partial charge in [-0.2, -0.15) is 0 Å². The topological polar surface area (TPSA) is 46.5 Å². The van der Waals surface area contributed by atoms with Crippen LogP contribution in [0.4, 0.5) is 0 Å². The van der Waals surface area contributed by atoms with Crippen molar-refractivity contribution in [1.82, 2.24) is 0 Å². The minimum atomic E-state index is 0.120. The first-order valence-corrected chi connectivity index (χ1v) is 6.69. The molecule has 2 aromatic carbocycles. The van der Waals surface area contributed by atoms with Crippen LogP contribution in [0.2, 0.25) is 0 Å². The van der Waals surface area contributed by atoms with Crippen LogP contribution >= 0.6 is 0 Å². The van der Waals surface area contributed by atoms with Crippen LogP contribution in [0.3, 0.4) is 0 Å². The van der Waals surface area contributed by atoms with E-state index in [-0.39, 0.29) is 11.5 Å². The Balaban J connectivity index is 2.11. The van der Waals surface area contributed by atoms with Crippen LogP contribution in [0, 0.1) is 0 Å². The Labute approximate surface area is 117 Å². The smallest absolute Gasteiger partial charge is 0.163 e. The van der Waals surface area contributed by atoms with Gasteiger partial charge in [0.1, 0.15) is 11.5 Å². The van der Waals surface area contributed by atoms with E-state index in [1.54, 1.807) is 13.2 Å². The number of benzene rings is 2. The SMILES string of the molecule is COC1=C(Cc2c(O)ccc3ccccc23)C(=O)CC1. The van der Waals surface area contributed by atoms with Crippen molar-refractivity contribution in [2.45, 2.75) is 19.3 Å². The lowest BCUT2D eigenvalue weighted by atomic mass is 9.96. The summed E-state index contributed by atoms with van der Waals surface area (Å²) in [7, 11) is 1.59. The van der Waals surface area contributed by atoms with Gasteiger partial charge in [0.2, 0.25) is 0 Å². The molecular weight excluding hydrogens is 252 g/mol. The average molecular weight is 268 g/mol. The molecule has 3 heteroatoms. The maximum atomic E-state index is 12.0. The number of Topliss-reactive ketones (excluding diaryl/α,β-unsaturated/α-hetero) is 1. The number of phenols is 1. The largest absolute Gasteiger partial charge is 0.508 e. The fraction of sp³-hybridized carbons (Fsp3) is 0.235. The Morgan fingerprint density at radius 1 is 1.15 bits per heavy atom. The van der Waals surface area contributed by atoms with Crippen molar-refractivity contribution in [3.8, 4) is 5.75 Å². The Morgan fingerprint density at radius 3 is 2.75 bits per heavy atom. The van der Waals surface area contributed by atoms with Crippen LogP contribution in [-0.2, 0) is 16.0 Å². The summed E-state index contributed by atoms with van der Waals surface area (Å²) in [5.74, 6) is 1.10. The first-order chi connectivity index (χ1) is 9.70. The molecule has 0 atom stereocenters. The number of methoxy groups -OCH3 is 1. The fourth-order valence-corrected chi connectivity index (χ4v) is 2.79. The van der Waals surface area contributed by atoms with Crippen molar-refractivity contribution >= 4 is 16.6 Å². The van der Waals surface area contributed by atoms with E-state index in [2.05, 4.69) is 0 Å². The Morgan fingerprint density at radius 2 is 1.95 bits per heavy atom. The van der Waals surface area contributed by atoms with E-state index >= 15 is 0 Å². The van der Waals surface area contributed by atoms with Crippen LogP contribution in [-0.4, -0.2) is 18.0 Å². The van der Waals surface area contributed by atoms with Crippen molar-refractivity contribution in [2.75, 3.05) is 7.11 Å². The maximum absolute atomic E-state index is 12.0. The van der Waals surface area contributed by atoms with Gasteiger partial charge in [0.25, 0.3) is 0 Å². The monoisotopic (exact) mass is 268 g/mol. The molecule has 0 saturated carbocycles. The van der Waals surface area contributed by atoms with Gasteiger partial charge < -0.3 is 9.84 Å². The number of ether oxygens (including phenoxy) is 1. The number of rotatable bonds is 3. The van der Waals surface area contributed by atoms with E-state index in [9.17, 15) is 9.90 Å². The van der Waals surface area contributed by atoms with Crippen molar-refractivity contribution in [3.05, 3.63) is 53.3 Å². The third kappa shape index (κ3) is 2.05. The molecule has 0 bridgehead atoms. The van der Waals surface area contributed by atoms with E-state index in [1.165, 1.54) is 0 Å².